The molecule has 0 heterocycles. The van der Waals surface area contributed by atoms with Gasteiger partial charge in [0.05, 0.1) is 13.2 Å². The number of aliphatic hydroxyl groups is 1. The van der Waals surface area contributed by atoms with E-state index in [9.17, 15) is 9.90 Å². The number of esters is 1. The van der Waals surface area contributed by atoms with E-state index in [-0.39, 0.29) is 12.6 Å². The molecule has 0 aliphatic heterocycles. The lowest BCUT2D eigenvalue weighted by Crippen LogP contribution is -2.27. The molecule has 0 radical (unpaired) electrons. The van der Waals surface area contributed by atoms with E-state index < -0.39 is 6.10 Å². The molecule has 0 amide bonds. The van der Waals surface area contributed by atoms with Crippen LogP contribution in [-0.2, 0) is 14.3 Å². The molecule has 0 aliphatic carbocycles. The minimum atomic E-state index is -0.537. The van der Waals surface area contributed by atoms with Crippen LogP contribution in [0.2, 0.25) is 0 Å². The zero-order valence-corrected chi connectivity index (χ0v) is 34.6. The molecule has 52 heavy (non-hydrogen) atoms. The lowest BCUT2D eigenvalue weighted by atomic mass is 10.0. The molecule has 1 unspecified atom stereocenters. The average molecular weight is 727 g/mol. The van der Waals surface area contributed by atoms with E-state index in [2.05, 4.69) is 74.6 Å². The van der Waals surface area contributed by atoms with Crippen molar-refractivity contribution in [3.63, 3.8) is 0 Å². The minimum absolute atomic E-state index is 0.174. The van der Waals surface area contributed by atoms with Crippen LogP contribution in [0.5, 0.6) is 0 Å². The van der Waals surface area contributed by atoms with Gasteiger partial charge >= 0.3 is 5.97 Å². The molecule has 0 saturated heterocycles. The topological polar surface area (TPSA) is 55.8 Å². The van der Waals surface area contributed by atoms with Crippen LogP contribution in [0, 0.1) is 0 Å². The van der Waals surface area contributed by atoms with Crippen LogP contribution in [0.4, 0.5) is 0 Å². The maximum atomic E-state index is 12.2. The Hall–Kier alpha value is -1.91. The summed E-state index contributed by atoms with van der Waals surface area (Å²) in [6, 6.07) is 0. The number of carbonyl (C=O) groups excluding carboxylic acids is 1. The van der Waals surface area contributed by atoms with Crippen LogP contribution in [0.3, 0.4) is 0 Å². The van der Waals surface area contributed by atoms with Gasteiger partial charge < -0.3 is 14.6 Å². The van der Waals surface area contributed by atoms with E-state index in [4.69, 9.17) is 9.47 Å². The van der Waals surface area contributed by atoms with Crippen molar-refractivity contribution in [1.82, 2.24) is 0 Å². The van der Waals surface area contributed by atoms with Gasteiger partial charge in [-0.1, -0.05) is 209 Å². The fourth-order valence-electron chi connectivity index (χ4n) is 6.30. The van der Waals surface area contributed by atoms with Crippen molar-refractivity contribution in [3.8, 4) is 0 Å². The first-order valence-corrected chi connectivity index (χ1v) is 22.4. The third-order valence-electron chi connectivity index (χ3n) is 9.61. The first-order valence-electron chi connectivity index (χ1n) is 22.4. The van der Waals surface area contributed by atoms with E-state index in [0.29, 0.717) is 19.6 Å². The molecule has 0 aromatic carbocycles. The lowest BCUT2D eigenvalue weighted by molar-refractivity contribution is -0.154. The summed E-state index contributed by atoms with van der Waals surface area (Å²) < 4.78 is 11.2. The molecule has 1 atom stereocenters. The molecule has 0 aromatic rings. The fourth-order valence-corrected chi connectivity index (χ4v) is 6.30. The van der Waals surface area contributed by atoms with Gasteiger partial charge in [-0.3, -0.25) is 4.79 Å². The van der Waals surface area contributed by atoms with Crippen molar-refractivity contribution in [2.75, 3.05) is 19.8 Å². The van der Waals surface area contributed by atoms with Gasteiger partial charge in [-0.05, 0) is 57.8 Å². The molecule has 0 saturated carbocycles. The second-order valence-electron chi connectivity index (χ2n) is 14.7. The number of carbonyl (C=O) groups is 1. The second kappa shape index (κ2) is 45.2. The highest BCUT2D eigenvalue weighted by Gasteiger charge is 2.13. The molecule has 0 aliphatic rings. The number of aliphatic hydroxyl groups excluding tert-OH is 1. The maximum absolute atomic E-state index is 12.2. The van der Waals surface area contributed by atoms with Crippen LogP contribution in [-0.4, -0.2) is 37.0 Å². The van der Waals surface area contributed by atoms with Gasteiger partial charge in [0.2, 0.25) is 0 Å². The Morgan fingerprint density at radius 1 is 0.481 bits per heavy atom. The van der Waals surface area contributed by atoms with Crippen LogP contribution in [0.15, 0.2) is 60.8 Å². The van der Waals surface area contributed by atoms with Gasteiger partial charge in [-0.15, -0.1) is 0 Å². The van der Waals surface area contributed by atoms with E-state index in [1.54, 1.807) is 0 Å². The predicted molar refractivity (Wildman–Crippen MR) is 228 cm³/mol. The van der Waals surface area contributed by atoms with Crippen molar-refractivity contribution in [3.05, 3.63) is 60.8 Å². The van der Waals surface area contributed by atoms with Crippen LogP contribution in [0.1, 0.15) is 213 Å². The van der Waals surface area contributed by atoms with E-state index in [0.717, 1.165) is 51.4 Å². The molecule has 0 bridgehead atoms. The smallest absolute Gasteiger partial charge is 0.306 e. The molecule has 4 nitrogen and oxygen atoms in total. The molecule has 1 N–H and O–H groups in total. The summed E-state index contributed by atoms with van der Waals surface area (Å²) in [4.78, 5) is 12.2. The third-order valence-corrected chi connectivity index (χ3v) is 9.61. The monoisotopic (exact) mass is 727 g/mol. The average Bonchev–Trinajstić information content (AvgIpc) is 3.15. The highest BCUT2D eigenvalue weighted by Crippen LogP contribution is 2.14. The summed E-state index contributed by atoms with van der Waals surface area (Å²) in [6.07, 6.45) is 60.0. The number of ether oxygens (including phenoxy) is 2. The number of unbranched alkanes of at least 4 members (excludes halogenated alkanes) is 23. The second-order valence-corrected chi connectivity index (χ2v) is 14.7. The van der Waals surface area contributed by atoms with Crippen molar-refractivity contribution >= 4 is 5.97 Å². The number of rotatable bonds is 41. The SMILES string of the molecule is CC/C=C\C/C=C\C/C=C\C/C=C\C/C=C\CCCCCCCCCCCC(=O)OC(CO)COCCCCCCCCCCCCCCCCC. The van der Waals surface area contributed by atoms with Crippen molar-refractivity contribution in [2.45, 2.75) is 219 Å². The van der Waals surface area contributed by atoms with Crippen LogP contribution < -0.4 is 0 Å². The fraction of sp³-hybridized carbons (Fsp3) is 0.771. The Bertz CT molecular complexity index is 854. The summed E-state index contributed by atoms with van der Waals surface area (Å²) in [7, 11) is 0. The first-order chi connectivity index (χ1) is 25.7. The Morgan fingerprint density at radius 3 is 1.31 bits per heavy atom. The number of hydrogen-bond donors (Lipinski definition) is 1. The van der Waals surface area contributed by atoms with Crippen molar-refractivity contribution in [1.29, 1.82) is 0 Å². The predicted octanol–water partition coefficient (Wildman–Crippen LogP) is 14.8. The molecule has 4 heteroatoms. The lowest BCUT2D eigenvalue weighted by Gasteiger charge is -2.16. The van der Waals surface area contributed by atoms with Gasteiger partial charge in [-0.25, -0.2) is 0 Å². The van der Waals surface area contributed by atoms with Gasteiger partial charge in [0.1, 0.15) is 6.10 Å². The Kier molecular flexibility index (Phi) is 43.6. The van der Waals surface area contributed by atoms with Crippen LogP contribution in [0.25, 0.3) is 0 Å². The van der Waals surface area contributed by atoms with Gasteiger partial charge in [-0.2, -0.15) is 0 Å². The third kappa shape index (κ3) is 42.5. The van der Waals surface area contributed by atoms with Crippen molar-refractivity contribution < 1.29 is 19.4 Å². The van der Waals surface area contributed by atoms with E-state index in [1.807, 2.05) is 0 Å². The Morgan fingerprint density at radius 2 is 0.865 bits per heavy atom. The summed E-state index contributed by atoms with van der Waals surface area (Å²) in [5, 5.41) is 9.61. The van der Waals surface area contributed by atoms with Gasteiger partial charge in [0, 0.05) is 13.0 Å². The van der Waals surface area contributed by atoms with Gasteiger partial charge in [0.25, 0.3) is 0 Å². The summed E-state index contributed by atoms with van der Waals surface area (Å²) in [5.74, 6) is -0.206. The van der Waals surface area contributed by atoms with Crippen LogP contribution >= 0.6 is 0 Å². The summed E-state index contributed by atoms with van der Waals surface area (Å²) in [5.41, 5.74) is 0. The number of allylic oxidation sites excluding steroid dienone is 10. The molecule has 0 aromatic heterocycles. The molecular weight excluding hydrogens is 641 g/mol. The molecule has 302 valence electrons. The number of hydrogen-bond acceptors (Lipinski definition) is 4. The zero-order chi connectivity index (χ0) is 37.7. The quantitative estimate of drug-likeness (QED) is 0.0387. The minimum Gasteiger partial charge on any atom is -0.457 e. The normalized spacial score (nSPS) is 12.9. The van der Waals surface area contributed by atoms with Crippen molar-refractivity contribution in [2.24, 2.45) is 0 Å². The first kappa shape index (κ1) is 50.1. The van der Waals surface area contributed by atoms with E-state index in [1.165, 1.54) is 141 Å². The zero-order valence-electron chi connectivity index (χ0n) is 34.6. The summed E-state index contributed by atoms with van der Waals surface area (Å²) in [6.45, 7) is 5.25. The molecular formula is C48H86O4. The molecule has 0 spiro atoms. The maximum Gasteiger partial charge on any atom is 0.306 e. The highest BCUT2D eigenvalue weighted by molar-refractivity contribution is 5.69. The summed E-state index contributed by atoms with van der Waals surface area (Å²) >= 11 is 0. The Balaban J connectivity index is 3.45. The van der Waals surface area contributed by atoms with E-state index >= 15 is 0 Å². The molecule has 0 fully saturated rings. The Labute approximate surface area is 324 Å². The standard InChI is InChI=1S/C48H86O4/c1-3-5-7-9-11-13-15-17-19-20-21-22-23-24-25-26-27-28-29-31-33-35-37-39-41-43-48(50)52-47(45-49)46-51-44-42-40-38-36-34-32-30-18-16-14-12-10-8-6-4-2/h5,7,11,13,17,19,21-22,24-25,47,49H,3-4,6,8-10,12,14-16,18,20,23,26-46H2,1-2H3/b7-5-,13-11-,19-17-,22-21-,25-24-. The van der Waals surface area contributed by atoms with Gasteiger partial charge in [0.15, 0.2) is 0 Å². The largest absolute Gasteiger partial charge is 0.457 e. The highest BCUT2D eigenvalue weighted by atomic mass is 16.6. The molecule has 0 rings (SSSR count).